The van der Waals surface area contributed by atoms with E-state index in [1.165, 1.54) is 7.11 Å². The zero-order chi connectivity index (χ0) is 15.6. The van der Waals surface area contributed by atoms with E-state index in [2.05, 4.69) is 13.8 Å². The van der Waals surface area contributed by atoms with Gasteiger partial charge >= 0.3 is 0 Å². The van der Waals surface area contributed by atoms with Gasteiger partial charge in [-0.05, 0) is 24.8 Å². The van der Waals surface area contributed by atoms with E-state index in [0.717, 1.165) is 19.4 Å². The van der Waals surface area contributed by atoms with Crippen LogP contribution < -0.4 is 15.2 Å². The molecule has 0 aliphatic heterocycles. The molecule has 0 spiro atoms. The normalized spacial score (nSPS) is 14.1. The molecular weight excluding hydrogens is 268 g/mol. The molecule has 1 aliphatic rings. The van der Waals surface area contributed by atoms with Crippen molar-refractivity contribution < 1.29 is 14.3 Å². The summed E-state index contributed by atoms with van der Waals surface area (Å²) in [5, 5.41) is 0. The van der Waals surface area contributed by atoms with Gasteiger partial charge < -0.3 is 20.1 Å². The second kappa shape index (κ2) is 6.24. The number of nitrogens with zero attached hydrogens (tertiary/aromatic N) is 1. The molecule has 2 N–H and O–H groups in total. The minimum atomic E-state index is -0.0408. The molecule has 21 heavy (non-hydrogen) atoms. The van der Waals surface area contributed by atoms with Gasteiger partial charge in [0.1, 0.15) is 11.5 Å². The Morgan fingerprint density at radius 1 is 1.33 bits per heavy atom. The van der Waals surface area contributed by atoms with Gasteiger partial charge in [-0.25, -0.2) is 0 Å². The van der Waals surface area contributed by atoms with Gasteiger partial charge in [-0.3, -0.25) is 4.79 Å². The molecular formula is C16H24N2O3. The fourth-order valence-electron chi connectivity index (χ4n) is 2.40. The molecule has 5 nitrogen and oxygen atoms in total. The van der Waals surface area contributed by atoms with Gasteiger partial charge in [0.15, 0.2) is 0 Å². The van der Waals surface area contributed by atoms with E-state index in [9.17, 15) is 4.79 Å². The first-order valence-corrected chi connectivity index (χ1v) is 7.30. The first-order chi connectivity index (χ1) is 9.97. The first kappa shape index (κ1) is 15.5. The largest absolute Gasteiger partial charge is 0.497 e. The number of nitrogen functional groups attached to an aromatic ring is 1. The molecule has 1 aliphatic carbocycles. The highest BCUT2D eigenvalue weighted by atomic mass is 16.5. The lowest BCUT2D eigenvalue weighted by molar-refractivity contribution is 0.0723. The number of anilines is 1. The van der Waals surface area contributed by atoms with Crippen LogP contribution in [0.5, 0.6) is 11.5 Å². The molecule has 2 rings (SSSR count). The second-order valence-electron chi connectivity index (χ2n) is 5.87. The van der Waals surface area contributed by atoms with Crippen LogP contribution in [0.25, 0.3) is 0 Å². The van der Waals surface area contributed by atoms with Gasteiger partial charge in [0, 0.05) is 18.7 Å². The van der Waals surface area contributed by atoms with Crippen molar-refractivity contribution in [3.8, 4) is 11.5 Å². The maximum Gasteiger partial charge on any atom is 0.256 e. The van der Waals surface area contributed by atoms with E-state index >= 15 is 0 Å². The van der Waals surface area contributed by atoms with Gasteiger partial charge in [0.25, 0.3) is 5.91 Å². The fraction of sp³-hybridized carbons (Fsp3) is 0.562. The van der Waals surface area contributed by atoms with Crippen LogP contribution in [0.2, 0.25) is 0 Å². The average Bonchev–Trinajstić information content (AvgIpc) is 3.28. The molecule has 1 saturated carbocycles. The van der Waals surface area contributed by atoms with Crippen molar-refractivity contribution in [1.82, 2.24) is 4.90 Å². The average molecular weight is 292 g/mol. The fourth-order valence-corrected chi connectivity index (χ4v) is 2.40. The highest BCUT2D eigenvalue weighted by molar-refractivity contribution is 6.01. The Kier molecular flexibility index (Phi) is 4.60. The highest BCUT2D eigenvalue weighted by Crippen LogP contribution is 2.35. The number of benzene rings is 1. The molecule has 1 amide bonds. The lowest BCUT2D eigenvalue weighted by Gasteiger charge is -2.25. The van der Waals surface area contributed by atoms with E-state index in [4.69, 9.17) is 15.2 Å². The third kappa shape index (κ3) is 3.40. The molecule has 1 aromatic rings. The number of hydrogen-bond donors (Lipinski definition) is 1. The number of amides is 1. The number of methoxy groups -OCH3 is 2. The van der Waals surface area contributed by atoms with E-state index < -0.39 is 0 Å². The Balaban J connectivity index is 2.36. The van der Waals surface area contributed by atoms with Gasteiger partial charge in [0.2, 0.25) is 0 Å². The molecule has 0 aromatic heterocycles. The Bertz CT molecular complexity index is 524. The van der Waals surface area contributed by atoms with Crippen LogP contribution in [-0.2, 0) is 0 Å². The van der Waals surface area contributed by atoms with Crippen molar-refractivity contribution in [3.63, 3.8) is 0 Å². The minimum absolute atomic E-state index is 0.0408. The highest BCUT2D eigenvalue weighted by Gasteiger charge is 2.34. The van der Waals surface area contributed by atoms with E-state index in [0.29, 0.717) is 34.7 Å². The molecule has 1 aromatic carbocycles. The maximum atomic E-state index is 12.9. The van der Waals surface area contributed by atoms with Gasteiger partial charge in [-0.15, -0.1) is 0 Å². The molecule has 0 bridgehead atoms. The predicted octanol–water partition coefficient (Wildman–Crippen LogP) is 2.55. The summed E-state index contributed by atoms with van der Waals surface area (Å²) in [7, 11) is 3.10. The maximum absolute atomic E-state index is 12.9. The summed E-state index contributed by atoms with van der Waals surface area (Å²) in [5.41, 5.74) is 6.91. The molecule has 0 radical (unpaired) electrons. The van der Waals surface area contributed by atoms with Crippen LogP contribution in [0.4, 0.5) is 5.69 Å². The van der Waals surface area contributed by atoms with Crippen LogP contribution >= 0.6 is 0 Å². The monoisotopic (exact) mass is 292 g/mol. The van der Waals surface area contributed by atoms with Crippen molar-refractivity contribution in [2.45, 2.75) is 32.7 Å². The number of carbonyl (C=O) groups is 1. The smallest absolute Gasteiger partial charge is 0.256 e. The van der Waals surface area contributed by atoms with E-state index in [1.54, 1.807) is 19.2 Å². The van der Waals surface area contributed by atoms with Crippen molar-refractivity contribution in [1.29, 1.82) is 0 Å². The quantitative estimate of drug-likeness (QED) is 0.818. The Morgan fingerprint density at radius 2 is 2.00 bits per heavy atom. The Hall–Kier alpha value is -1.91. The van der Waals surface area contributed by atoms with Gasteiger partial charge in [-0.1, -0.05) is 13.8 Å². The van der Waals surface area contributed by atoms with Crippen LogP contribution in [0.1, 0.15) is 37.0 Å². The van der Waals surface area contributed by atoms with Gasteiger partial charge in [0.05, 0.1) is 25.5 Å². The molecule has 1 fully saturated rings. The van der Waals surface area contributed by atoms with Crippen LogP contribution in [0.15, 0.2) is 12.1 Å². The summed E-state index contributed by atoms with van der Waals surface area (Å²) in [4.78, 5) is 14.8. The first-order valence-electron chi connectivity index (χ1n) is 7.30. The standard InChI is InChI=1S/C16H24N2O3/c1-10(2)9-18(11-5-6-11)16(19)13-7-12(20-3)8-14(21-4)15(13)17/h7-8,10-11H,5-6,9,17H2,1-4H3. The summed E-state index contributed by atoms with van der Waals surface area (Å²) in [6.45, 7) is 4.96. The molecule has 116 valence electrons. The lowest BCUT2D eigenvalue weighted by Crippen LogP contribution is -2.36. The lowest BCUT2D eigenvalue weighted by atomic mass is 10.1. The summed E-state index contributed by atoms with van der Waals surface area (Å²) in [6, 6.07) is 3.72. The van der Waals surface area contributed by atoms with Crippen LogP contribution in [-0.4, -0.2) is 37.6 Å². The number of carbonyl (C=O) groups excluding carboxylic acids is 1. The number of ether oxygens (including phenoxy) is 2. The third-order valence-corrected chi connectivity index (χ3v) is 3.61. The summed E-state index contributed by atoms with van der Waals surface area (Å²) < 4.78 is 10.5. The molecule has 5 heteroatoms. The SMILES string of the molecule is COc1cc(OC)c(N)c(C(=O)N(CC(C)C)C2CC2)c1. The molecule has 0 saturated heterocycles. The summed E-state index contributed by atoms with van der Waals surface area (Å²) in [6.07, 6.45) is 2.14. The van der Waals surface area contributed by atoms with Crippen molar-refractivity contribution in [2.24, 2.45) is 5.92 Å². The minimum Gasteiger partial charge on any atom is -0.497 e. The van der Waals surface area contributed by atoms with E-state index in [-0.39, 0.29) is 5.91 Å². The Labute approximate surface area is 126 Å². The van der Waals surface area contributed by atoms with Crippen molar-refractivity contribution in [2.75, 3.05) is 26.5 Å². The predicted molar refractivity (Wildman–Crippen MR) is 82.9 cm³/mol. The number of nitrogens with two attached hydrogens (primary N) is 1. The molecule has 0 atom stereocenters. The van der Waals surface area contributed by atoms with Gasteiger partial charge in [-0.2, -0.15) is 0 Å². The zero-order valence-corrected chi connectivity index (χ0v) is 13.2. The number of hydrogen-bond acceptors (Lipinski definition) is 4. The van der Waals surface area contributed by atoms with Crippen molar-refractivity contribution >= 4 is 11.6 Å². The summed E-state index contributed by atoms with van der Waals surface area (Å²) >= 11 is 0. The molecule has 0 unspecified atom stereocenters. The van der Waals surface area contributed by atoms with Crippen LogP contribution in [0, 0.1) is 5.92 Å². The third-order valence-electron chi connectivity index (χ3n) is 3.61. The van der Waals surface area contributed by atoms with E-state index in [1.807, 2.05) is 4.90 Å². The summed E-state index contributed by atoms with van der Waals surface area (Å²) in [5.74, 6) is 1.42. The van der Waals surface area contributed by atoms with Crippen molar-refractivity contribution in [3.05, 3.63) is 17.7 Å². The Morgan fingerprint density at radius 3 is 2.48 bits per heavy atom. The van der Waals surface area contributed by atoms with Crippen LogP contribution in [0.3, 0.4) is 0 Å². The topological polar surface area (TPSA) is 64.8 Å². The molecule has 0 heterocycles. The number of rotatable bonds is 6. The zero-order valence-electron chi connectivity index (χ0n) is 13.2. The second-order valence-corrected chi connectivity index (χ2v) is 5.87.